The number of anilines is 1. The normalized spacial score (nSPS) is 16.3. The van der Waals surface area contributed by atoms with E-state index in [1.54, 1.807) is 0 Å². The molecular formula is C24H25F3N4O3. The molecule has 1 aromatic carbocycles. The van der Waals surface area contributed by atoms with Gasteiger partial charge in [-0.05, 0) is 31.0 Å². The summed E-state index contributed by atoms with van der Waals surface area (Å²) in [5, 5.41) is 14.8. The summed E-state index contributed by atoms with van der Waals surface area (Å²) in [5.74, 6) is -1.81. The van der Waals surface area contributed by atoms with Gasteiger partial charge >= 0.3 is 12.1 Å². The first-order valence-electron chi connectivity index (χ1n) is 11.2. The van der Waals surface area contributed by atoms with Gasteiger partial charge in [0.1, 0.15) is 5.82 Å². The van der Waals surface area contributed by atoms with E-state index in [0.29, 0.717) is 12.6 Å². The number of carboxylic acids is 1. The van der Waals surface area contributed by atoms with Gasteiger partial charge in [-0.1, -0.05) is 37.5 Å². The Kier molecular flexibility index (Phi) is 6.76. The number of aliphatic carboxylic acids is 1. The van der Waals surface area contributed by atoms with E-state index in [4.69, 9.17) is 14.9 Å². The predicted octanol–water partition coefficient (Wildman–Crippen LogP) is 4.89. The number of halogens is 3. The molecule has 1 saturated carbocycles. The summed E-state index contributed by atoms with van der Waals surface area (Å²) in [6.07, 6.45) is 2.14. The molecule has 2 aliphatic rings. The van der Waals surface area contributed by atoms with Crippen molar-refractivity contribution < 1.29 is 27.9 Å². The molecule has 180 valence electrons. The van der Waals surface area contributed by atoms with Crippen LogP contribution in [0.25, 0.3) is 22.2 Å². The van der Waals surface area contributed by atoms with E-state index in [1.165, 1.54) is 32.1 Å². The number of amides is 1. The molecule has 0 bridgehead atoms. The summed E-state index contributed by atoms with van der Waals surface area (Å²) >= 11 is 0. The van der Waals surface area contributed by atoms with E-state index in [0.717, 1.165) is 45.7 Å². The highest BCUT2D eigenvalue weighted by Crippen LogP contribution is 2.31. The fourth-order valence-corrected chi connectivity index (χ4v) is 4.34. The highest BCUT2D eigenvalue weighted by atomic mass is 19.4. The second kappa shape index (κ2) is 9.74. The SMILES string of the molecule is O=C(O)C(F)(F)F.O=C1NCCc2[nH]c(-c3cccc4ccc(NC5CCCCC5)nc34)cc21. The Labute approximate surface area is 193 Å². The molecule has 0 spiro atoms. The van der Waals surface area contributed by atoms with Crippen LogP contribution < -0.4 is 10.6 Å². The number of para-hydroxylation sites is 1. The number of nitrogens with one attached hydrogen (secondary N) is 3. The number of rotatable bonds is 3. The minimum absolute atomic E-state index is 0.00611. The zero-order valence-electron chi connectivity index (χ0n) is 18.3. The van der Waals surface area contributed by atoms with E-state index >= 15 is 0 Å². The van der Waals surface area contributed by atoms with Crippen LogP contribution in [0, 0.1) is 0 Å². The van der Waals surface area contributed by atoms with Crippen LogP contribution in [0.4, 0.5) is 19.0 Å². The molecular weight excluding hydrogens is 449 g/mol. The van der Waals surface area contributed by atoms with Gasteiger partial charge in [0.25, 0.3) is 5.91 Å². The lowest BCUT2D eigenvalue weighted by atomic mass is 9.95. The van der Waals surface area contributed by atoms with Gasteiger partial charge in [0.15, 0.2) is 0 Å². The van der Waals surface area contributed by atoms with Crippen LogP contribution in [0.1, 0.15) is 48.2 Å². The number of pyridine rings is 1. The molecule has 5 rings (SSSR count). The second-order valence-electron chi connectivity index (χ2n) is 8.44. The number of carbonyl (C=O) groups excluding carboxylic acids is 1. The third kappa shape index (κ3) is 5.32. The van der Waals surface area contributed by atoms with Crippen molar-refractivity contribution in [1.82, 2.24) is 15.3 Å². The quantitative estimate of drug-likeness (QED) is 0.432. The number of benzene rings is 1. The van der Waals surface area contributed by atoms with Gasteiger partial charge in [-0.2, -0.15) is 13.2 Å². The van der Waals surface area contributed by atoms with Crippen molar-refractivity contribution in [3.05, 3.63) is 47.7 Å². The van der Waals surface area contributed by atoms with Crippen molar-refractivity contribution in [3.8, 4) is 11.3 Å². The lowest BCUT2D eigenvalue weighted by Crippen LogP contribution is -2.31. The zero-order valence-corrected chi connectivity index (χ0v) is 18.3. The molecule has 0 radical (unpaired) electrons. The standard InChI is InChI=1S/C22H24N4O.C2HF3O2/c27-22-17-13-19(25-18(17)11-12-23-22)16-8-4-5-14-9-10-20(26-21(14)16)24-15-6-2-1-3-7-15;3-2(4,5)1(6)7/h4-5,8-10,13,15,25H,1-3,6-7,11-12H2,(H,23,27)(H,24,26);(H,6,7). The van der Waals surface area contributed by atoms with Crippen molar-refractivity contribution in [2.75, 3.05) is 11.9 Å². The smallest absolute Gasteiger partial charge is 0.475 e. The summed E-state index contributed by atoms with van der Waals surface area (Å²) in [4.78, 5) is 29.4. The van der Waals surface area contributed by atoms with Crippen molar-refractivity contribution in [1.29, 1.82) is 0 Å². The number of aromatic nitrogens is 2. The molecule has 0 atom stereocenters. The van der Waals surface area contributed by atoms with Crippen LogP contribution in [-0.4, -0.2) is 45.7 Å². The van der Waals surface area contributed by atoms with E-state index in [-0.39, 0.29) is 5.91 Å². The number of H-pyrrole nitrogens is 1. The minimum Gasteiger partial charge on any atom is -0.475 e. The van der Waals surface area contributed by atoms with Crippen molar-refractivity contribution in [2.24, 2.45) is 0 Å². The van der Waals surface area contributed by atoms with E-state index in [2.05, 4.69) is 39.9 Å². The number of nitrogens with zero attached hydrogens (tertiary/aromatic N) is 1. The summed E-state index contributed by atoms with van der Waals surface area (Å²) in [6, 6.07) is 12.9. The molecule has 0 unspecified atom stereocenters. The average molecular weight is 474 g/mol. The molecule has 2 aromatic heterocycles. The Balaban J connectivity index is 0.000000344. The Hall–Kier alpha value is -3.56. The number of hydrogen-bond acceptors (Lipinski definition) is 4. The topological polar surface area (TPSA) is 107 Å². The van der Waals surface area contributed by atoms with Crippen molar-refractivity contribution in [2.45, 2.75) is 50.7 Å². The molecule has 1 fully saturated rings. The highest BCUT2D eigenvalue weighted by molar-refractivity contribution is 6.00. The number of aromatic amines is 1. The van der Waals surface area contributed by atoms with Gasteiger partial charge in [-0.15, -0.1) is 0 Å². The van der Waals surface area contributed by atoms with E-state index < -0.39 is 12.1 Å². The molecule has 1 amide bonds. The molecule has 1 aliphatic carbocycles. The Morgan fingerprint density at radius 2 is 1.82 bits per heavy atom. The minimum atomic E-state index is -5.08. The third-order valence-corrected chi connectivity index (χ3v) is 6.01. The maximum atomic E-state index is 12.1. The number of alkyl halides is 3. The predicted molar refractivity (Wildman–Crippen MR) is 122 cm³/mol. The summed E-state index contributed by atoms with van der Waals surface area (Å²) < 4.78 is 31.7. The van der Waals surface area contributed by atoms with Gasteiger partial charge in [0.05, 0.1) is 11.1 Å². The number of carbonyl (C=O) groups is 2. The Bertz CT molecular complexity index is 1200. The first-order chi connectivity index (χ1) is 16.2. The second-order valence-corrected chi connectivity index (χ2v) is 8.44. The Morgan fingerprint density at radius 1 is 1.09 bits per heavy atom. The van der Waals surface area contributed by atoms with Crippen LogP contribution in [0.2, 0.25) is 0 Å². The molecule has 4 N–H and O–H groups in total. The first-order valence-corrected chi connectivity index (χ1v) is 11.2. The fourth-order valence-electron chi connectivity index (χ4n) is 4.34. The van der Waals surface area contributed by atoms with E-state index in [9.17, 15) is 18.0 Å². The maximum Gasteiger partial charge on any atom is 0.490 e. The monoisotopic (exact) mass is 474 g/mol. The van der Waals surface area contributed by atoms with Gasteiger partial charge in [-0.3, -0.25) is 4.79 Å². The average Bonchev–Trinajstić information content (AvgIpc) is 3.25. The molecule has 10 heteroatoms. The number of carboxylic acid groups (broad SMARTS) is 1. The maximum absolute atomic E-state index is 12.1. The lowest BCUT2D eigenvalue weighted by molar-refractivity contribution is -0.192. The summed E-state index contributed by atoms with van der Waals surface area (Å²) in [5.41, 5.74) is 4.75. The fraction of sp³-hybridized carbons (Fsp3) is 0.375. The highest BCUT2D eigenvalue weighted by Gasteiger charge is 2.38. The van der Waals surface area contributed by atoms with Gasteiger partial charge in [-0.25, -0.2) is 9.78 Å². The first kappa shape index (κ1) is 23.6. The lowest BCUT2D eigenvalue weighted by Gasteiger charge is -2.23. The van der Waals surface area contributed by atoms with Crippen LogP contribution in [0.15, 0.2) is 36.4 Å². The molecule has 34 heavy (non-hydrogen) atoms. The molecule has 7 nitrogen and oxygen atoms in total. The molecule has 0 saturated heterocycles. The van der Waals surface area contributed by atoms with Crippen LogP contribution in [0.5, 0.6) is 0 Å². The van der Waals surface area contributed by atoms with Gasteiger partial charge in [0.2, 0.25) is 0 Å². The zero-order chi connectivity index (χ0) is 24.3. The Morgan fingerprint density at radius 3 is 2.50 bits per heavy atom. The van der Waals surface area contributed by atoms with Crippen LogP contribution in [0.3, 0.4) is 0 Å². The van der Waals surface area contributed by atoms with E-state index in [1.807, 2.05) is 12.1 Å². The summed E-state index contributed by atoms with van der Waals surface area (Å²) in [7, 11) is 0. The third-order valence-electron chi connectivity index (χ3n) is 6.01. The molecule has 3 heterocycles. The van der Waals surface area contributed by atoms with Gasteiger partial charge < -0.3 is 20.7 Å². The van der Waals surface area contributed by atoms with Gasteiger partial charge in [0, 0.05) is 41.3 Å². The number of hydrogen-bond donors (Lipinski definition) is 4. The van der Waals surface area contributed by atoms with Crippen LogP contribution in [-0.2, 0) is 11.2 Å². The summed E-state index contributed by atoms with van der Waals surface area (Å²) in [6.45, 7) is 0.690. The number of fused-ring (bicyclic) bond motifs is 2. The van der Waals surface area contributed by atoms with Crippen molar-refractivity contribution >= 4 is 28.6 Å². The van der Waals surface area contributed by atoms with Crippen LogP contribution >= 0.6 is 0 Å². The molecule has 3 aromatic rings. The largest absolute Gasteiger partial charge is 0.490 e. The van der Waals surface area contributed by atoms with Crippen molar-refractivity contribution in [3.63, 3.8) is 0 Å². The molecule has 1 aliphatic heterocycles.